The molecule has 1 saturated heterocycles. The first-order valence-corrected chi connectivity index (χ1v) is 5.69. The van der Waals surface area contributed by atoms with Gasteiger partial charge in [-0.1, -0.05) is 0 Å². The Labute approximate surface area is 89.9 Å². The highest BCUT2D eigenvalue weighted by Crippen LogP contribution is 2.24. The molecule has 0 aliphatic carbocycles. The van der Waals surface area contributed by atoms with E-state index < -0.39 is 0 Å². The van der Waals surface area contributed by atoms with E-state index in [2.05, 4.69) is 16.0 Å². The van der Waals surface area contributed by atoms with Crippen molar-refractivity contribution in [3.63, 3.8) is 0 Å². The minimum Gasteiger partial charge on any atom is -0.371 e. The first-order valence-electron chi connectivity index (χ1n) is 5.15. The van der Waals surface area contributed by atoms with Gasteiger partial charge in [0.2, 0.25) is 0 Å². The van der Waals surface area contributed by atoms with Gasteiger partial charge in [-0.3, -0.25) is 4.98 Å². The number of nitrogens with zero attached hydrogens (tertiary/aromatic N) is 2. The number of rotatable bonds is 2. The van der Waals surface area contributed by atoms with Crippen LogP contribution in [0.2, 0.25) is 0 Å². The van der Waals surface area contributed by atoms with Crippen molar-refractivity contribution in [2.75, 3.05) is 18.0 Å². The van der Waals surface area contributed by atoms with Gasteiger partial charge in [0.25, 0.3) is 0 Å². The van der Waals surface area contributed by atoms with Crippen molar-refractivity contribution in [2.45, 2.75) is 25.1 Å². The minimum absolute atomic E-state index is 0.555. The average molecular weight is 211 g/mol. The SMILES string of the molecule is ClCc1cnccc1N1CCCCC1. The molecular formula is C11H15ClN2. The van der Waals surface area contributed by atoms with Gasteiger partial charge in [-0.15, -0.1) is 11.6 Å². The molecule has 0 aromatic carbocycles. The third-order valence-electron chi connectivity index (χ3n) is 2.72. The van der Waals surface area contributed by atoms with Gasteiger partial charge in [-0.25, -0.2) is 0 Å². The normalized spacial score (nSPS) is 17.1. The molecule has 0 unspecified atom stereocenters. The van der Waals surface area contributed by atoms with E-state index in [9.17, 15) is 0 Å². The van der Waals surface area contributed by atoms with Crippen molar-refractivity contribution in [1.29, 1.82) is 0 Å². The molecule has 1 aromatic rings. The molecule has 1 aliphatic rings. The smallest absolute Gasteiger partial charge is 0.0509 e. The van der Waals surface area contributed by atoms with Gasteiger partial charge >= 0.3 is 0 Å². The lowest BCUT2D eigenvalue weighted by Crippen LogP contribution is -2.30. The Bertz CT molecular complexity index is 295. The lowest BCUT2D eigenvalue weighted by atomic mass is 10.1. The number of hydrogen-bond acceptors (Lipinski definition) is 2. The average Bonchev–Trinajstić information content (AvgIpc) is 2.30. The Hall–Kier alpha value is -0.760. The molecule has 1 aliphatic heterocycles. The summed E-state index contributed by atoms with van der Waals surface area (Å²) >= 11 is 5.88. The summed E-state index contributed by atoms with van der Waals surface area (Å²) < 4.78 is 0. The molecule has 0 radical (unpaired) electrons. The molecule has 0 saturated carbocycles. The summed E-state index contributed by atoms with van der Waals surface area (Å²) in [4.78, 5) is 6.52. The van der Waals surface area contributed by atoms with Gasteiger partial charge in [-0.05, 0) is 25.3 Å². The molecule has 14 heavy (non-hydrogen) atoms. The first-order chi connectivity index (χ1) is 6.92. The van der Waals surface area contributed by atoms with Crippen LogP contribution in [-0.2, 0) is 5.88 Å². The number of anilines is 1. The molecule has 0 N–H and O–H groups in total. The van der Waals surface area contributed by atoms with Crippen LogP contribution in [0.3, 0.4) is 0 Å². The third kappa shape index (κ3) is 2.01. The predicted octanol–water partition coefficient (Wildman–Crippen LogP) is 2.81. The second-order valence-electron chi connectivity index (χ2n) is 3.69. The van der Waals surface area contributed by atoms with Gasteiger partial charge < -0.3 is 4.90 Å². The van der Waals surface area contributed by atoms with E-state index in [0.29, 0.717) is 5.88 Å². The van der Waals surface area contributed by atoms with Crippen LogP contribution in [0.25, 0.3) is 0 Å². The molecule has 0 atom stereocenters. The van der Waals surface area contributed by atoms with Crippen LogP contribution in [0.4, 0.5) is 5.69 Å². The van der Waals surface area contributed by atoms with Gasteiger partial charge in [0.05, 0.1) is 5.88 Å². The molecule has 2 heterocycles. The Morgan fingerprint density at radius 1 is 1.29 bits per heavy atom. The van der Waals surface area contributed by atoms with Crippen LogP contribution >= 0.6 is 11.6 Å². The minimum atomic E-state index is 0.555. The van der Waals surface area contributed by atoms with Crippen LogP contribution in [0, 0.1) is 0 Å². The Morgan fingerprint density at radius 3 is 2.79 bits per heavy atom. The van der Waals surface area contributed by atoms with Crippen molar-refractivity contribution in [3.8, 4) is 0 Å². The summed E-state index contributed by atoms with van der Waals surface area (Å²) in [5.41, 5.74) is 2.42. The fourth-order valence-corrected chi connectivity index (χ4v) is 2.17. The van der Waals surface area contributed by atoms with Crippen molar-refractivity contribution in [3.05, 3.63) is 24.0 Å². The number of pyridine rings is 1. The number of aromatic nitrogens is 1. The Balaban J connectivity index is 2.20. The lowest BCUT2D eigenvalue weighted by Gasteiger charge is -2.30. The third-order valence-corrected chi connectivity index (χ3v) is 3.01. The summed E-state index contributed by atoms with van der Waals surface area (Å²) in [7, 11) is 0. The number of piperidine rings is 1. The van der Waals surface area contributed by atoms with Crippen molar-refractivity contribution in [2.24, 2.45) is 0 Å². The molecule has 2 rings (SSSR count). The van der Waals surface area contributed by atoms with E-state index in [1.165, 1.54) is 24.9 Å². The summed E-state index contributed by atoms with van der Waals surface area (Å²) in [6.07, 6.45) is 7.67. The van der Waals surface area contributed by atoms with E-state index in [1.54, 1.807) is 0 Å². The van der Waals surface area contributed by atoms with E-state index in [1.807, 2.05) is 12.4 Å². The second-order valence-corrected chi connectivity index (χ2v) is 3.95. The molecule has 76 valence electrons. The molecule has 0 spiro atoms. The lowest BCUT2D eigenvalue weighted by molar-refractivity contribution is 0.576. The maximum absolute atomic E-state index is 5.88. The number of alkyl halides is 1. The number of hydrogen-bond donors (Lipinski definition) is 0. The van der Waals surface area contributed by atoms with Crippen LogP contribution < -0.4 is 4.90 Å². The zero-order chi connectivity index (χ0) is 9.80. The quantitative estimate of drug-likeness (QED) is 0.698. The fourth-order valence-electron chi connectivity index (χ4n) is 1.97. The van der Waals surface area contributed by atoms with Gasteiger partial charge in [0.1, 0.15) is 0 Å². The van der Waals surface area contributed by atoms with E-state index in [-0.39, 0.29) is 0 Å². The highest BCUT2D eigenvalue weighted by Gasteiger charge is 2.13. The summed E-state index contributed by atoms with van der Waals surface area (Å²) in [6.45, 7) is 2.32. The highest BCUT2D eigenvalue weighted by molar-refractivity contribution is 6.17. The Kier molecular flexibility index (Phi) is 3.25. The molecule has 1 aromatic heterocycles. The molecule has 1 fully saturated rings. The highest BCUT2D eigenvalue weighted by atomic mass is 35.5. The standard InChI is InChI=1S/C11H15ClN2/c12-8-10-9-13-5-4-11(10)14-6-2-1-3-7-14/h4-5,9H,1-3,6-8H2. The van der Waals surface area contributed by atoms with Crippen LogP contribution in [-0.4, -0.2) is 18.1 Å². The molecule has 2 nitrogen and oxygen atoms in total. The summed E-state index contributed by atoms with van der Waals surface area (Å²) in [6, 6.07) is 2.07. The Morgan fingerprint density at radius 2 is 2.07 bits per heavy atom. The summed E-state index contributed by atoms with van der Waals surface area (Å²) in [5.74, 6) is 0.555. The molecule has 0 amide bonds. The zero-order valence-corrected chi connectivity index (χ0v) is 9.00. The zero-order valence-electron chi connectivity index (χ0n) is 8.25. The van der Waals surface area contributed by atoms with Crippen LogP contribution in [0.1, 0.15) is 24.8 Å². The number of halogens is 1. The molecular weight excluding hydrogens is 196 g/mol. The topological polar surface area (TPSA) is 16.1 Å². The van der Waals surface area contributed by atoms with Crippen LogP contribution in [0.5, 0.6) is 0 Å². The van der Waals surface area contributed by atoms with E-state index in [0.717, 1.165) is 18.7 Å². The van der Waals surface area contributed by atoms with Crippen molar-refractivity contribution < 1.29 is 0 Å². The largest absolute Gasteiger partial charge is 0.371 e. The van der Waals surface area contributed by atoms with Gasteiger partial charge in [0, 0.05) is 36.7 Å². The maximum atomic E-state index is 5.88. The fraction of sp³-hybridized carbons (Fsp3) is 0.545. The maximum Gasteiger partial charge on any atom is 0.0509 e. The molecule has 0 bridgehead atoms. The van der Waals surface area contributed by atoms with Gasteiger partial charge in [0.15, 0.2) is 0 Å². The predicted molar refractivity (Wildman–Crippen MR) is 59.9 cm³/mol. The van der Waals surface area contributed by atoms with Gasteiger partial charge in [-0.2, -0.15) is 0 Å². The van der Waals surface area contributed by atoms with E-state index in [4.69, 9.17) is 11.6 Å². The van der Waals surface area contributed by atoms with Crippen LogP contribution in [0.15, 0.2) is 18.5 Å². The van der Waals surface area contributed by atoms with Crippen molar-refractivity contribution >= 4 is 17.3 Å². The second kappa shape index (κ2) is 4.65. The van der Waals surface area contributed by atoms with Crippen molar-refractivity contribution in [1.82, 2.24) is 4.98 Å². The summed E-state index contributed by atoms with van der Waals surface area (Å²) in [5, 5.41) is 0. The molecule has 3 heteroatoms. The van der Waals surface area contributed by atoms with E-state index >= 15 is 0 Å². The monoisotopic (exact) mass is 210 g/mol. The first kappa shape index (κ1) is 9.78.